The summed E-state index contributed by atoms with van der Waals surface area (Å²) in [4.78, 5) is 39.7. The van der Waals surface area contributed by atoms with Crippen LogP contribution in [0.1, 0.15) is 33.3 Å². The summed E-state index contributed by atoms with van der Waals surface area (Å²) in [7, 11) is 3.04. The lowest BCUT2D eigenvalue weighted by molar-refractivity contribution is -0.135. The third-order valence-electron chi connectivity index (χ3n) is 4.94. The van der Waals surface area contributed by atoms with Crippen molar-refractivity contribution < 1.29 is 28.5 Å². The maximum Gasteiger partial charge on any atom is 0.333 e. The van der Waals surface area contributed by atoms with E-state index < -0.39 is 5.97 Å². The van der Waals surface area contributed by atoms with Gasteiger partial charge in [0.15, 0.2) is 11.5 Å². The molecule has 0 saturated heterocycles. The second kappa shape index (κ2) is 12.8. The number of likely N-dealkylation sites (N-methyl/N-ethyl adjacent to an activating group) is 1. The topological polar surface area (TPSA) is 96.3 Å². The van der Waals surface area contributed by atoms with E-state index in [1.807, 2.05) is 20.8 Å². The van der Waals surface area contributed by atoms with Crippen LogP contribution >= 0.6 is 11.3 Å². The molecule has 186 valence electrons. The number of benzene rings is 1. The number of hydrogen-bond acceptors (Lipinski definition) is 8. The molecule has 1 aromatic carbocycles. The molecule has 0 spiro atoms. The number of amides is 1. The summed E-state index contributed by atoms with van der Waals surface area (Å²) in [5, 5.41) is 0. The van der Waals surface area contributed by atoms with E-state index in [0.717, 1.165) is 11.3 Å². The largest absolute Gasteiger partial charge is 0.493 e. The molecule has 10 heteroatoms. The third-order valence-corrected chi connectivity index (χ3v) is 6.00. The van der Waals surface area contributed by atoms with Gasteiger partial charge in [0.25, 0.3) is 5.56 Å². The number of esters is 1. The molecule has 1 heterocycles. The Kier molecular flexibility index (Phi) is 10.2. The fourth-order valence-corrected chi connectivity index (χ4v) is 4.34. The highest BCUT2D eigenvalue weighted by Crippen LogP contribution is 2.38. The first kappa shape index (κ1) is 27.0. The summed E-state index contributed by atoms with van der Waals surface area (Å²) in [6, 6.07) is 3.46. The fraction of sp³-hybridized carbons (Fsp3) is 0.458. The fourth-order valence-electron chi connectivity index (χ4n) is 3.31. The van der Waals surface area contributed by atoms with E-state index in [2.05, 4.69) is 0 Å². The van der Waals surface area contributed by atoms with E-state index in [1.54, 1.807) is 30.0 Å². The molecule has 0 aliphatic heterocycles. The summed E-state index contributed by atoms with van der Waals surface area (Å²) in [6.45, 7) is 8.80. The van der Waals surface area contributed by atoms with Crippen molar-refractivity contribution in [2.24, 2.45) is 0 Å². The number of ether oxygens (including phenoxy) is 4. The van der Waals surface area contributed by atoms with Crippen molar-refractivity contribution in [2.45, 2.75) is 34.2 Å². The second-order valence-corrected chi connectivity index (χ2v) is 8.05. The van der Waals surface area contributed by atoms with Crippen LogP contribution < -0.4 is 29.0 Å². The van der Waals surface area contributed by atoms with Gasteiger partial charge in [-0.3, -0.25) is 14.2 Å². The number of hydrogen-bond donors (Lipinski definition) is 0. The molecule has 0 aliphatic rings. The monoisotopic (exact) mass is 492 g/mol. The zero-order valence-corrected chi connectivity index (χ0v) is 21.3. The smallest absolute Gasteiger partial charge is 0.333 e. The molecule has 0 bridgehead atoms. The Morgan fingerprint density at radius 3 is 2.15 bits per heavy atom. The van der Waals surface area contributed by atoms with Gasteiger partial charge in [-0.25, -0.2) is 4.79 Å². The van der Waals surface area contributed by atoms with Crippen LogP contribution in [0.3, 0.4) is 0 Å². The van der Waals surface area contributed by atoms with Crippen LogP contribution in [0.4, 0.5) is 0 Å². The first-order chi connectivity index (χ1) is 16.3. The molecule has 0 N–H and O–H groups in total. The molecule has 0 radical (unpaired) electrons. The van der Waals surface area contributed by atoms with Crippen molar-refractivity contribution >= 4 is 35.4 Å². The molecule has 0 fully saturated rings. The van der Waals surface area contributed by atoms with Crippen molar-refractivity contribution in [2.75, 3.05) is 40.5 Å². The minimum absolute atomic E-state index is 0.175. The molecular formula is C24H32N2O7S. The number of thiazole rings is 1. The summed E-state index contributed by atoms with van der Waals surface area (Å²) in [5.74, 6) is 0.594. The summed E-state index contributed by atoms with van der Waals surface area (Å²) in [5.41, 5.74) is 0.258. The number of carbonyl (C=O) groups excluding carboxylic acids is 2. The van der Waals surface area contributed by atoms with Crippen molar-refractivity contribution in [1.29, 1.82) is 0 Å². The number of aromatic nitrogens is 1. The molecule has 0 aliphatic carbocycles. The highest BCUT2D eigenvalue weighted by Gasteiger charge is 2.16. The Hall–Kier alpha value is -3.27. The van der Waals surface area contributed by atoms with Gasteiger partial charge in [0.1, 0.15) is 11.2 Å². The maximum atomic E-state index is 13.3. The second-order valence-electron chi connectivity index (χ2n) is 6.99. The minimum atomic E-state index is -0.580. The van der Waals surface area contributed by atoms with Crippen molar-refractivity contribution in [3.8, 4) is 17.2 Å². The highest BCUT2D eigenvalue weighted by molar-refractivity contribution is 7.07. The molecule has 2 rings (SSSR count). The molecule has 0 unspecified atom stereocenters. The Balaban J connectivity index is 2.69. The number of nitrogens with zero attached hydrogens (tertiary/aromatic N) is 2. The number of rotatable bonds is 11. The van der Waals surface area contributed by atoms with Gasteiger partial charge in [-0.15, -0.1) is 11.3 Å². The summed E-state index contributed by atoms with van der Waals surface area (Å²) >= 11 is 1.10. The van der Waals surface area contributed by atoms with E-state index in [0.29, 0.717) is 51.7 Å². The molecule has 34 heavy (non-hydrogen) atoms. The van der Waals surface area contributed by atoms with Crippen molar-refractivity contribution in [3.05, 3.63) is 37.2 Å². The lowest BCUT2D eigenvalue weighted by Gasteiger charge is -2.18. The third kappa shape index (κ3) is 6.40. The maximum absolute atomic E-state index is 13.3. The Morgan fingerprint density at radius 2 is 1.65 bits per heavy atom. The minimum Gasteiger partial charge on any atom is -0.493 e. The van der Waals surface area contributed by atoms with Gasteiger partial charge in [0.2, 0.25) is 11.7 Å². The lowest BCUT2D eigenvalue weighted by atomic mass is 10.1. The van der Waals surface area contributed by atoms with Crippen LogP contribution in [0.15, 0.2) is 16.9 Å². The van der Waals surface area contributed by atoms with Gasteiger partial charge in [0.05, 0.1) is 38.0 Å². The van der Waals surface area contributed by atoms with Crippen LogP contribution in [0, 0.1) is 0 Å². The number of methoxy groups -OCH3 is 2. The first-order valence-electron chi connectivity index (χ1n) is 11.1. The predicted octanol–water partition coefficient (Wildman–Crippen LogP) is 1.37. The molecule has 1 aromatic heterocycles. The first-order valence-corrected chi connectivity index (χ1v) is 11.9. The van der Waals surface area contributed by atoms with E-state index in [1.165, 1.54) is 24.9 Å². The van der Waals surface area contributed by atoms with E-state index >= 15 is 0 Å². The quantitative estimate of drug-likeness (QED) is 0.437. The molecular weight excluding hydrogens is 460 g/mol. The SMILES string of the molecule is CCOC(=O)/C=c1/s/c(=C/c2cc(OC)c(OCC)c(OC)c2)c(=O)n1CC(=O)N(CC)CC. The number of carbonyl (C=O) groups is 2. The Labute approximate surface area is 202 Å². The standard InChI is InChI=1S/C24H32N2O7S/c1-7-25(8-2)20(27)15-26-21(14-22(28)32-9-3)34-19(24(26)29)13-16-11-17(30-5)23(33-10-4)18(12-16)31-6/h11-14H,7-10,15H2,1-6H3/b19-13+,21-14+. The molecule has 1 amide bonds. The van der Waals surface area contributed by atoms with Gasteiger partial charge >= 0.3 is 5.97 Å². The van der Waals surface area contributed by atoms with Gasteiger partial charge in [-0.1, -0.05) is 0 Å². The molecule has 9 nitrogen and oxygen atoms in total. The Bertz CT molecular complexity index is 1150. The zero-order chi connectivity index (χ0) is 25.3. The van der Waals surface area contributed by atoms with Gasteiger partial charge in [0, 0.05) is 13.1 Å². The van der Waals surface area contributed by atoms with E-state index in [4.69, 9.17) is 18.9 Å². The van der Waals surface area contributed by atoms with Crippen LogP contribution in [0.5, 0.6) is 17.2 Å². The van der Waals surface area contributed by atoms with Crippen LogP contribution in [0.2, 0.25) is 0 Å². The average molecular weight is 493 g/mol. The lowest BCUT2D eigenvalue weighted by Crippen LogP contribution is -2.40. The highest BCUT2D eigenvalue weighted by atomic mass is 32.1. The van der Waals surface area contributed by atoms with Gasteiger partial charge in [-0.2, -0.15) is 0 Å². The van der Waals surface area contributed by atoms with Crippen LogP contribution in [-0.2, 0) is 20.9 Å². The van der Waals surface area contributed by atoms with E-state index in [-0.39, 0.29) is 24.6 Å². The average Bonchev–Trinajstić information content (AvgIpc) is 3.09. The normalized spacial score (nSPS) is 11.9. The van der Waals surface area contributed by atoms with Crippen LogP contribution in [-0.4, -0.2) is 61.9 Å². The Morgan fingerprint density at radius 1 is 1.03 bits per heavy atom. The molecule has 0 saturated carbocycles. The van der Waals surface area contributed by atoms with E-state index in [9.17, 15) is 14.4 Å². The molecule has 0 atom stereocenters. The van der Waals surface area contributed by atoms with Crippen molar-refractivity contribution in [3.63, 3.8) is 0 Å². The summed E-state index contributed by atoms with van der Waals surface area (Å²) < 4.78 is 23.5. The van der Waals surface area contributed by atoms with Crippen molar-refractivity contribution in [1.82, 2.24) is 9.47 Å². The van der Waals surface area contributed by atoms with Gasteiger partial charge in [-0.05, 0) is 51.5 Å². The zero-order valence-electron chi connectivity index (χ0n) is 20.5. The van der Waals surface area contributed by atoms with Crippen LogP contribution in [0.25, 0.3) is 12.2 Å². The molecule has 2 aromatic rings. The van der Waals surface area contributed by atoms with Gasteiger partial charge < -0.3 is 23.8 Å². The predicted molar refractivity (Wildman–Crippen MR) is 131 cm³/mol. The summed E-state index contributed by atoms with van der Waals surface area (Å²) in [6.07, 6.45) is 2.90.